The van der Waals surface area contributed by atoms with Crippen molar-refractivity contribution in [3.05, 3.63) is 89.2 Å². The fourth-order valence-corrected chi connectivity index (χ4v) is 3.47. The molecule has 152 valence electrons. The van der Waals surface area contributed by atoms with E-state index in [0.29, 0.717) is 17.1 Å². The number of carbonyl (C=O) groups excluding carboxylic acids is 1. The molecule has 30 heavy (non-hydrogen) atoms. The number of amides is 1. The van der Waals surface area contributed by atoms with Crippen molar-refractivity contribution in [2.75, 3.05) is 0 Å². The van der Waals surface area contributed by atoms with Crippen LogP contribution in [0.25, 0.3) is 11.4 Å². The first-order chi connectivity index (χ1) is 14.5. The molecule has 8 heteroatoms. The van der Waals surface area contributed by atoms with Crippen LogP contribution in [0.15, 0.2) is 67.4 Å². The molecule has 0 aliphatic carbocycles. The summed E-state index contributed by atoms with van der Waals surface area (Å²) < 4.78 is 3.46. The highest BCUT2D eigenvalue weighted by atomic mass is 35.5. The number of hydrogen-bond acceptors (Lipinski definition) is 4. The van der Waals surface area contributed by atoms with E-state index in [4.69, 9.17) is 11.6 Å². The monoisotopic (exact) mass is 420 g/mol. The van der Waals surface area contributed by atoms with Crippen molar-refractivity contribution in [2.24, 2.45) is 0 Å². The minimum Gasteiger partial charge on any atom is -0.348 e. The van der Waals surface area contributed by atoms with Gasteiger partial charge in [-0.3, -0.25) is 4.79 Å². The van der Waals surface area contributed by atoms with E-state index in [2.05, 4.69) is 20.5 Å². The molecule has 0 bridgehead atoms. The molecule has 0 aliphatic rings. The summed E-state index contributed by atoms with van der Waals surface area (Å²) in [6, 6.07) is 15.2. The molecule has 2 aromatic heterocycles. The lowest BCUT2D eigenvalue weighted by molar-refractivity contribution is 0.0949. The third-order valence-corrected chi connectivity index (χ3v) is 4.96. The Kier molecular flexibility index (Phi) is 5.63. The van der Waals surface area contributed by atoms with E-state index in [1.54, 1.807) is 21.9 Å². The van der Waals surface area contributed by atoms with Crippen molar-refractivity contribution in [1.29, 1.82) is 0 Å². The van der Waals surface area contributed by atoms with Crippen LogP contribution in [-0.2, 0) is 6.54 Å². The predicted molar refractivity (Wildman–Crippen MR) is 115 cm³/mol. The highest BCUT2D eigenvalue weighted by molar-refractivity contribution is 6.30. The summed E-state index contributed by atoms with van der Waals surface area (Å²) >= 11 is 6.13. The molecule has 0 fully saturated rings. The van der Waals surface area contributed by atoms with Crippen molar-refractivity contribution >= 4 is 17.5 Å². The van der Waals surface area contributed by atoms with Gasteiger partial charge in [-0.05, 0) is 41.8 Å². The van der Waals surface area contributed by atoms with Crippen LogP contribution in [0.5, 0.6) is 0 Å². The Hall–Kier alpha value is -3.45. The van der Waals surface area contributed by atoms with Gasteiger partial charge in [0.05, 0.1) is 28.8 Å². The molecule has 0 atom stereocenters. The third kappa shape index (κ3) is 4.11. The largest absolute Gasteiger partial charge is 0.348 e. The highest BCUT2D eigenvalue weighted by Crippen LogP contribution is 2.24. The minimum atomic E-state index is -0.160. The second kappa shape index (κ2) is 8.51. The Labute approximate surface area is 179 Å². The van der Waals surface area contributed by atoms with Crippen molar-refractivity contribution < 1.29 is 4.79 Å². The number of nitrogens with one attached hydrogen (secondary N) is 1. The maximum atomic E-state index is 12.9. The second-order valence-corrected chi connectivity index (χ2v) is 7.62. The summed E-state index contributed by atoms with van der Waals surface area (Å²) in [5.74, 6) is -0.0541. The lowest BCUT2D eigenvalue weighted by Crippen LogP contribution is -2.24. The van der Waals surface area contributed by atoms with E-state index in [9.17, 15) is 4.79 Å². The first-order valence-electron chi connectivity index (χ1n) is 9.59. The van der Waals surface area contributed by atoms with Gasteiger partial charge in [-0.2, -0.15) is 10.2 Å². The number of nitrogens with zero attached hydrogens (tertiary/aromatic N) is 5. The van der Waals surface area contributed by atoms with Gasteiger partial charge in [-0.25, -0.2) is 14.3 Å². The average molecular weight is 421 g/mol. The fourth-order valence-electron chi connectivity index (χ4n) is 3.29. The summed E-state index contributed by atoms with van der Waals surface area (Å²) in [4.78, 5) is 16.8. The highest BCUT2D eigenvalue weighted by Gasteiger charge is 2.21. The Morgan fingerprint density at radius 1 is 1.10 bits per heavy atom. The molecule has 0 aliphatic heterocycles. The Bertz CT molecular complexity index is 1150. The zero-order chi connectivity index (χ0) is 21.1. The lowest BCUT2D eigenvalue weighted by Gasteiger charge is -2.13. The van der Waals surface area contributed by atoms with Gasteiger partial charge in [0, 0.05) is 11.6 Å². The summed E-state index contributed by atoms with van der Waals surface area (Å²) in [7, 11) is 0. The molecular formula is C22H21ClN6O. The van der Waals surface area contributed by atoms with Crippen LogP contribution in [0.2, 0.25) is 5.02 Å². The normalized spacial score (nSPS) is 11.1. The van der Waals surface area contributed by atoms with Crippen LogP contribution in [0.4, 0.5) is 0 Å². The topological polar surface area (TPSA) is 77.6 Å². The van der Waals surface area contributed by atoms with Gasteiger partial charge in [0.25, 0.3) is 5.91 Å². The molecule has 0 spiro atoms. The van der Waals surface area contributed by atoms with Crippen LogP contribution in [-0.4, -0.2) is 30.5 Å². The molecule has 0 saturated heterocycles. The van der Waals surface area contributed by atoms with E-state index < -0.39 is 0 Å². The van der Waals surface area contributed by atoms with Crippen molar-refractivity contribution in [1.82, 2.24) is 29.9 Å². The summed E-state index contributed by atoms with van der Waals surface area (Å²) in [5.41, 5.74) is 4.13. The SMILES string of the molecule is CC(C)c1c(C(=O)NCc2ccc(-n3cncn3)cc2)cnn1-c1cccc(Cl)c1. The summed E-state index contributed by atoms with van der Waals surface area (Å²) in [6.07, 6.45) is 4.74. The van der Waals surface area contributed by atoms with E-state index in [1.807, 2.05) is 62.4 Å². The second-order valence-electron chi connectivity index (χ2n) is 7.18. The van der Waals surface area contributed by atoms with Gasteiger partial charge < -0.3 is 5.32 Å². The number of rotatable bonds is 6. The van der Waals surface area contributed by atoms with Crippen LogP contribution < -0.4 is 5.32 Å². The van der Waals surface area contributed by atoms with Crippen molar-refractivity contribution in [3.8, 4) is 11.4 Å². The van der Waals surface area contributed by atoms with Gasteiger partial charge in [0.2, 0.25) is 0 Å². The van der Waals surface area contributed by atoms with Gasteiger partial charge in [-0.15, -0.1) is 0 Å². The molecule has 7 nitrogen and oxygen atoms in total. The number of benzene rings is 2. The maximum Gasteiger partial charge on any atom is 0.255 e. The van der Waals surface area contributed by atoms with Crippen LogP contribution in [0, 0.1) is 0 Å². The summed E-state index contributed by atoms with van der Waals surface area (Å²) in [6.45, 7) is 4.49. The van der Waals surface area contributed by atoms with E-state index in [1.165, 1.54) is 6.33 Å². The molecular weight excluding hydrogens is 400 g/mol. The summed E-state index contributed by atoms with van der Waals surface area (Å²) in [5, 5.41) is 12.2. The van der Waals surface area contributed by atoms with Gasteiger partial charge >= 0.3 is 0 Å². The molecule has 4 aromatic rings. The van der Waals surface area contributed by atoms with E-state index in [0.717, 1.165) is 22.6 Å². The Balaban J connectivity index is 1.51. The molecule has 0 saturated carbocycles. The fraction of sp³-hybridized carbons (Fsp3) is 0.182. The van der Waals surface area contributed by atoms with Crippen molar-refractivity contribution in [2.45, 2.75) is 26.3 Å². The van der Waals surface area contributed by atoms with Gasteiger partial charge in [0.15, 0.2) is 0 Å². The molecule has 1 N–H and O–H groups in total. The number of carbonyl (C=O) groups is 1. The zero-order valence-electron chi connectivity index (χ0n) is 16.7. The molecule has 0 unspecified atom stereocenters. The molecule has 2 aromatic carbocycles. The Morgan fingerprint density at radius 3 is 2.57 bits per heavy atom. The standard InChI is InChI=1S/C22H21ClN6O/c1-15(2)21-20(12-26-29(21)19-5-3-4-17(23)10-19)22(30)25-11-16-6-8-18(9-7-16)28-14-24-13-27-28/h3-10,12-15H,11H2,1-2H3,(H,25,30). The number of halogens is 1. The zero-order valence-corrected chi connectivity index (χ0v) is 17.4. The van der Waals surface area contributed by atoms with Crippen molar-refractivity contribution in [3.63, 3.8) is 0 Å². The van der Waals surface area contributed by atoms with Crippen LogP contribution >= 0.6 is 11.6 Å². The number of aromatic nitrogens is 5. The van der Waals surface area contributed by atoms with Crippen LogP contribution in [0.3, 0.4) is 0 Å². The van der Waals surface area contributed by atoms with E-state index >= 15 is 0 Å². The smallest absolute Gasteiger partial charge is 0.255 e. The Morgan fingerprint density at radius 2 is 1.90 bits per heavy atom. The van der Waals surface area contributed by atoms with E-state index in [-0.39, 0.29) is 11.8 Å². The molecule has 4 rings (SSSR count). The maximum absolute atomic E-state index is 12.9. The lowest BCUT2D eigenvalue weighted by atomic mass is 10.0. The van der Waals surface area contributed by atoms with Gasteiger partial charge in [-0.1, -0.05) is 43.6 Å². The minimum absolute atomic E-state index is 0.106. The van der Waals surface area contributed by atoms with Crippen LogP contribution in [0.1, 0.15) is 41.4 Å². The quantitative estimate of drug-likeness (QED) is 0.508. The average Bonchev–Trinajstić information content (AvgIpc) is 3.42. The predicted octanol–water partition coefficient (Wildman–Crippen LogP) is 4.16. The first kappa shape index (κ1) is 19.8. The third-order valence-electron chi connectivity index (χ3n) is 4.72. The number of hydrogen-bond donors (Lipinski definition) is 1. The molecule has 1 amide bonds. The first-order valence-corrected chi connectivity index (χ1v) is 9.96. The molecule has 2 heterocycles. The molecule has 0 radical (unpaired) electrons. The van der Waals surface area contributed by atoms with Gasteiger partial charge in [0.1, 0.15) is 12.7 Å².